The van der Waals surface area contributed by atoms with Crippen LogP contribution in [0.25, 0.3) is 43.8 Å². The second-order valence-corrected chi connectivity index (χ2v) is 10.3. The molecule has 0 N–H and O–H groups in total. The third kappa shape index (κ3) is 5.41. The van der Waals surface area contributed by atoms with Crippen LogP contribution in [0, 0.1) is 13.8 Å². The predicted octanol–water partition coefficient (Wildman–Crippen LogP) is 10.3. The molecular weight excluding hydrogens is 464 g/mol. The lowest BCUT2D eigenvalue weighted by molar-refractivity contribution is 0.306. The zero-order valence-corrected chi connectivity index (χ0v) is 23.1. The second-order valence-electron chi connectivity index (χ2n) is 10.3. The molecule has 0 bridgehead atoms. The van der Waals surface area contributed by atoms with Crippen molar-refractivity contribution >= 4 is 21.5 Å². The van der Waals surface area contributed by atoms with Crippen LogP contribution >= 0.6 is 0 Å². The Balaban J connectivity index is 1.76. The van der Waals surface area contributed by atoms with Crippen molar-refractivity contribution in [2.45, 2.75) is 53.4 Å². The largest absolute Gasteiger partial charge is 0.493 e. The van der Waals surface area contributed by atoms with Gasteiger partial charge in [-0.15, -0.1) is 0 Å². The molecular formula is C36H38O2. The van der Waals surface area contributed by atoms with Crippen LogP contribution in [-0.2, 0) is 0 Å². The molecule has 0 spiro atoms. The number of rotatable bonds is 10. The van der Waals surface area contributed by atoms with E-state index in [0.29, 0.717) is 13.2 Å². The fourth-order valence-corrected chi connectivity index (χ4v) is 5.15. The van der Waals surface area contributed by atoms with Gasteiger partial charge in [-0.1, -0.05) is 105 Å². The molecule has 2 heteroatoms. The van der Waals surface area contributed by atoms with Gasteiger partial charge in [0.15, 0.2) is 0 Å². The Bertz CT molecular complexity index is 1560. The van der Waals surface area contributed by atoms with Gasteiger partial charge in [-0.25, -0.2) is 0 Å². The topological polar surface area (TPSA) is 18.5 Å². The maximum Gasteiger partial charge on any atom is 0.127 e. The monoisotopic (exact) mass is 502 g/mol. The van der Waals surface area contributed by atoms with E-state index in [4.69, 9.17) is 9.47 Å². The van der Waals surface area contributed by atoms with Crippen LogP contribution in [0.15, 0.2) is 84.9 Å². The number of hydrogen-bond donors (Lipinski definition) is 0. The molecule has 0 saturated heterocycles. The first-order valence-corrected chi connectivity index (χ1v) is 14.0. The van der Waals surface area contributed by atoms with E-state index >= 15 is 0 Å². The summed E-state index contributed by atoms with van der Waals surface area (Å²) in [5, 5.41) is 4.80. The third-order valence-electron chi connectivity index (χ3n) is 7.23. The molecule has 5 rings (SSSR count). The van der Waals surface area contributed by atoms with Crippen LogP contribution in [0.5, 0.6) is 11.5 Å². The number of aryl methyl sites for hydroxylation is 2. The van der Waals surface area contributed by atoms with Crippen LogP contribution in [0.1, 0.15) is 50.7 Å². The van der Waals surface area contributed by atoms with Crippen molar-refractivity contribution in [2.24, 2.45) is 0 Å². The Kier molecular flexibility index (Phi) is 7.98. The first-order valence-electron chi connectivity index (χ1n) is 14.0. The van der Waals surface area contributed by atoms with E-state index in [1.165, 1.54) is 43.8 Å². The summed E-state index contributed by atoms with van der Waals surface area (Å²) in [6.07, 6.45) is 4.25. The lowest BCUT2D eigenvalue weighted by Crippen LogP contribution is -2.02. The zero-order valence-electron chi connectivity index (χ0n) is 23.1. The number of fused-ring (bicyclic) bond motifs is 2. The lowest BCUT2D eigenvalue weighted by atomic mass is 9.90. The predicted molar refractivity (Wildman–Crippen MR) is 163 cm³/mol. The lowest BCUT2D eigenvalue weighted by Gasteiger charge is -2.20. The Morgan fingerprint density at radius 1 is 0.526 bits per heavy atom. The van der Waals surface area contributed by atoms with Crippen molar-refractivity contribution in [3.8, 4) is 33.8 Å². The Morgan fingerprint density at radius 2 is 1.08 bits per heavy atom. The van der Waals surface area contributed by atoms with Crippen LogP contribution in [0.3, 0.4) is 0 Å². The molecule has 0 aromatic heterocycles. The van der Waals surface area contributed by atoms with Gasteiger partial charge in [-0.3, -0.25) is 0 Å². The van der Waals surface area contributed by atoms with Crippen LogP contribution < -0.4 is 9.47 Å². The Morgan fingerprint density at radius 3 is 1.68 bits per heavy atom. The van der Waals surface area contributed by atoms with Crippen molar-refractivity contribution in [1.82, 2.24) is 0 Å². The molecule has 0 saturated carbocycles. The van der Waals surface area contributed by atoms with E-state index in [2.05, 4.69) is 113 Å². The molecule has 194 valence electrons. The minimum absolute atomic E-state index is 0.701. The summed E-state index contributed by atoms with van der Waals surface area (Å²) in [6.45, 7) is 10.1. The second kappa shape index (κ2) is 11.7. The number of unbranched alkanes of at least 4 members (excludes halogenated alkanes) is 2. The molecule has 0 heterocycles. The molecule has 0 aliphatic heterocycles. The minimum Gasteiger partial charge on any atom is -0.493 e. The van der Waals surface area contributed by atoms with Gasteiger partial charge in [0.2, 0.25) is 0 Å². The molecule has 2 nitrogen and oxygen atoms in total. The van der Waals surface area contributed by atoms with Crippen molar-refractivity contribution in [3.05, 3.63) is 96.1 Å². The minimum atomic E-state index is 0.701. The van der Waals surface area contributed by atoms with Crippen LogP contribution in [0.4, 0.5) is 0 Å². The van der Waals surface area contributed by atoms with E-state index < -0.39 is 0 Å². The average molecular weight is 503 g/mol. The van der Waals surface area contributed by atoms with Gasteiger partial charge in [-0.2, -0.15) is 0 Å². The van der Waals surface area contributed by atoms with Crippen LogP contribution in [-0.4, -0.2) is 13.2 Å². The Hall–Kier alpha value is -3.78. The standard InChI is InChI=1S/C36H38O2/c1-5-7-20-37-33-18-14-29-23-26(4)12-16-31(29)35(33)36-32-17-13-28(27-11-9-10-25(3)22-27)24-30(32)15-19-34(36)38-21-8-6-2/h9-19,22-24H,5-8,20-21H2,1-4H3. The summed E-state index contributed by atoms with van der Waals surface area (Å²) in [4.78, 5) is 0. The molecule has 38 heavy (non-hydrogen) atoms. The highest BCUT2D eigenvalue weighted by atomic mass is 16.5. The fraction of sp³-hybridized carbons (Fsp3) is 0.278. The highest BCUT2D eigenvalue weighted by molar-refractivity contribution is 6.10. The van der Waals surface area contributed by atoms with Crippen molar-refractivity contribution in [1.29, 1.82) is 0 Å². The first kappa shape index (κ1) is 25.9. The van der Waals surface area contributed by atoms with E-state index in [1.54, 1.807) is 0 Å². The molecule has 0 aliphatic rings. The molecule has 0 amide bonds. The summed E-state index contributed by atoms with van der Waals surface area (Å²) in [6, 6.07) is 30.9. The third-order valence-corrected chi connectivity index (χ3v) is 7.23. The van der Waals surface area contributed by atoms with E-state index in [0.717, 1.165) is 48.3 Å². The van der Waals surface area contributed by atoms with E-state index in [9.17, 15) is 0 Å². The SMILES string of the molecule is CCCCOc1ccc2cc(C)ccc2c1-c1c(OCCCC)ccc2cc(-c3cccc(C)c3)ccc12. The summed E-state index contributed by atoms with van der Waals surface area (Å²) >= 11 is 0. The van der Waals surface area contributed by atoms with Gasteiger partial charge >= 0.3 is 0 Å². The van der Waals surface area contributed by atoms with E-state index in [1.807, 2.05) is 0 Å². The zero-order chi connectivity index (χ0) is 26.5. The number of benzene rings is 5. The van der Waals surface area contributed by atoms with E-state index in [-0.39, 0.29) is 0 Å². The molecule has 0 fully saturated rings. The molecule has 0 aliphatic carbocycles. The number of ether oxygens (including phenoxy) is 2. The van der Waals surface area contributed by atoms with Crippen molar-refractivity contribution < 1.29 is 9.47 Å². The highest BCUT2D eigenvalue weighted by Gasteiger charge is 2.20. The molecule has 0 unspecified atom stereocenters. The van der Waals surface area contributed by atoms with Gasteiger partial charge in [0.25, 0.3) is 0 Å². The molecule has 5 aromatic rings. The quantitative estimate of drug-likeness (QED) is 0.177. The van der Waals surface area contributed by atoms with Gasteiger partial charge in [-0.05, 0) is 77.6 Å². The summed E-state index contributed by atoms with van der Waals surface area (Å²) in [7, 11) is 0. The van der Waals surface area contributed by atoms with Gasteiger partial charge in [0, 0.05) is 11.1 Å². The maximum atomic E-state index is 6.47. The van der Waals surface area contributed by atoms with Gasteiger partial charge in [0.1, 0.15) is 11.5 Å². The average Bonchev–Trinajstić information content (AvgIpc) is 2.93. The maximum absolute atomic E-state index is 6.47. The van der Waals surface area contributed by atoms with Gasteiger partial charge < -0.3 is 9.47 Å². The normalized spacial score (nSPS) is 11.3. The molecule has 0 atom stereocenters. The van der Waals surface area contributed by atoms with Crippen molar-refractivity contribution in [3.63, 3.8) is 0 Å². The fourth-order valence-electron chi connectivity index (χ4n) is 5.15. The highest BCUT2D eigenvalue weighted by Crippen LogP contribution is 2.46. The summed E-state index contributed by atoms with van der Waals surface area (Å²) in [5.41, 5.74) is 7.22. The Labute approximate surface area is 227 Å². The molecule has 0 radical (unpaired) electrons. The van der Waals surface area contributed by atoms with Crippen molar-refractivity contribution in [2.75, 3.05) is 13.2 Å². The van der Waals surface area contributed by atoms with Gasteiger partial charge in [0.05, 0.1) is 13.2 Å². The summed E-state index contributed by atoms with van der Waals surface area (Å²) < 4.78 is 12.9. The molecule has 5 aromatic carbocycles. The smallest absolute Gasteiger partial charge is 0.127 e. The van der Waals surface area contributed by atoms with Crippen LogP contribution in [0.2, 0.25) is 0 Å². The summed E-state index contributed by atoms with van der Waals surface area (Å²) in [5.74, 6) is 1.84. The number of hydrogen-bond acceptors (Lipinski definition) is 2. The first-order chi connectivity index (χ1) is 18.6.